The fraction of sp³-hybridized carbons (Fsp3) is 0.250. The van der Waals surface area contributed by atoms with E-state index in [9.17, 15) is 18.3 Å². The molecule has 3 nitrogen and oxygen atoms in total. The zero-order valence-electron chi connectivity index (χ0n) is 19.8. The zero-order chi connectivity index (χ0) is 24.8. The molecule has 176 valence electrons. The molecule has 0 amide bonds. The Bertz CT molecular complexity index is 1340. The van der Waals surface area contributed by atoms with E-state index >= 15 is 0 Å². The minimum atomic E-state index is -4.52. The summed E-state index contributed by atoms with van der Waals surface area (Å²) < 4.78 is 40.8. The number of nitrogens with zero attached hydrogens (tertiary/aromatic N) is 1. The lowest BCUT2D eigenvalue weighted by molar-refractivity contribution is -0.137. The van der Waals surface area contributed by atoms with Gasteiger partial charge in [0.2, 0.25) is 0 Å². The van der Waals surface area contributed by atoms with Gasteiger partial charge in [-0.1, -0.05) is 54.6 Å². The highest BCUT2D eigenvalue weighted by Gasteiger charge is 2.35. The van der Waals surface area contributed by atoms with Crippen LogP contribution < -0.4 is 0 Å². The number of aromatic amines is 1. The third-order valence-corrected chi connectivity index (χ3v) is 6.11. The molecule has 0 fully saturated rings. The first-order chi connectivity index (χ1) is 15.9. The van der Waals surface area contributed by atoms with Gasteiger partial charge in [-0.3, -0.25) is 0 Å². The molecule has 1 heterocycles. The van der Waals surface area contributed by atoms with Crippen molar-refractivity contribution in [3.8, 4) is 33.8 Å². The summed E-state index contributed by atoms with van der Waals surface area (Å²) in [5, 5.41) is 10.8. The third kappa shape index (κ3) is 4.50. The second kappa shape index (κ2) is 8.44. The molecule has 0 bridgehead atoms. The van der Waals surface area contributed by atoms with Crippen LogP contribution in [0.25, 0.3) is 33.8 Å². The number of aliphatic hydroxyl groups is 1. The van der Waals surface area contributed by atoms with Crippen LogP contribution in [0.3, 0.4) is 0 Å². The first-order valence-corrected chi connectivity index (χ1v) is 11.0. The van der Waals surface area contributed by atoms with Gasteiger partial charge in [-0.2, -0.15) is 13.2 Å². The van der Waals surface area contributed by atoms with Crippen LogP contribution in [0.1, 0.15) is 41.8 Å². The molecule has 0 saturated carbocycles. The summed E-state index contributed by atoms with van der Waals surface area (Å²) in [4.78, 5) is 7.48. The summed E-state index contributed by atoms with van der Waals surface area (Å²) in [6.45, 7) is 9.39. The lowest BCUT2D eigenvalue weighted by Crippen LogP contribution is -2.17. The van der Waals surface area contributed by atoms with Gasteiger partial charge < -0.3 is 10.1 Å². The van der Waals surface area contributed by atoms with Crippen molar-refractivity contribution in [2.75, 3.05) is 0 Å². The Morgan fingerprint density at radius 3 is 1.97 bits per heavy atom. The highest BCUT2D eigenvalue weighted by Crippen LogP contribution is 2.39. The number of benzene rings is 3. The minimum Gasteiger partial charge on any atom is -0.384 e. The number of H-pyrrole nitrogens is 1. The summed E-state index contributed by atoms with van der Waals surface area (Å²) in [6, 6.07) is 17.3. The van der Waals surface area contributed by atoms with E-state index in [1.165, 1.54) is 34.9 Å². The van der Waals surface area contributed by atoms with Gasteiger partial charge in [0.1, 0.15) is 11.4 Å². The number of imidazole rings is 1. The van der Waals surface area contributed by atoms with Crippen molar-refractivity contribution < 1.29 is 18.3 Å². The van der Waals surface area contributed by atoms with Crippen LogP contribution in [0.4, 0.5) is 13.2 Å². The average Bonchev–Trinajstić information content (AvgIpc) is 3.22. The van der Waals surface area contributed by atoms with Gasteiger partial charge in [-0.15, -0.1) is 0 Å². The SMILES string of the molecule is Cc1cc(C)c(-c2ccc(-c3nc(-c4ccccc4C(F)(F)F)[nH]c3C(C)(C)O)cc2)cc1C. The quantitative estimate of drug-likeness (QED) is 0.327. The average molecular weight is 465 g/mol. The van der Waals surface area contributed by atoms with Crippen molar-refractivity contribution in [1.29, 1.82) is 0 Å². The van der Waals surface area contributed by atoms with Gasteiger partial charge in [0.05, 0.1) is 17.0 Å². The maximum Gasteiger partial charge on any atom is 0.417 e. The first kappa shape index (κ1) is 23.8. The maximum absolute atomic E-state index is 13.6. The van der Waals surface area contributed by atoms with Crippen molar-refractivity contribution in [3.05, 3.63) is 88.6 Å². The molecule has 4 rings (SSSR count). The van der Waals surface area contributed by atoms with Crippen LogP contribution in [-0.2, 0) is 11.8 Å². The molecule has 0 aliphatic rings. The van der Waals surface area contributed by atoms with Gasteiger partial charge in [-0.25, -0.2) is 4.98 Å². The predicted octanol–water partition coefficient (Wildman–Crippen LogP) is 7.58. The molecule has 4 aromatic rings. The summed E-state index contributed by atoms with van der Waals surface area (Å²) in [5.41, 5.74) is 5.06. The number of aryl methyl sites for hydroxylation is 3. The molecule has 0 atom stereocenters. The number of halogens is 3. The van der Waals surface area contributed by atoms with Crippen LogP contribution in [0.5, 0.6) is 0 Å². The van der Waals surface area contributed by atoms with E-state index in [0.717, 1.165) is 17.2 Å². The Kier molecular flexibility index (Phi) is 5.90. The number of aromatic nitrogens is 2. The molecule has 0 saturated heterocycles. The van der Waals surface area contributed by atoms with Crippen molar-refractivity contribution in [2.24, 2.45) is 0 Å². The summed E-state index contributed by atoms with van der Waals surface area (Å²) in [5.74, 6) is 0.0640. The Balaban J connectivity index is 1.82. The van der Waals surface area contributed by atoms with E-state index in [1.807, 2.05) is 24.3 Å². The molecule has 0 spiro atoms. The van der Waals surface area contributed by atoms with E-state index in [2.05, 4.69) is 42.9 Å². The predicted molar refractivity (Wildman–Crippen MR) is 129 cm³/mol. The Labute approximate surface area is 197 Å². The van der Waals surface area contributed by atoms with E-state index in [1.54, 1.807) is 13.8 Å². The van der Waals surface area contributed by atoms with E-state index in [-0.39, 0.29) is 11.4 Å². The van der Waals surface area contributed by atoms with Crippen LogP contribution >= 0.6 is 0 Å². The molecular formula is C28H27F3N2O. The standard InChI is InChI=1S/C28H27F3N2O/c1-16-14-18(3)22(15-17(16)2)19-10-12-20(13-11-19)24-25(27(4,5)34)33-26(32-24)21-8-6-7-9-23(21)28(29,30)31/h6-15,34H,1-5H3,(H,32,33). The monoisotopic (exact) mass is 464 g/mol. The van der Waals surface area contributed by atoms with Crippen molar-refractivity contribution in [2.45, 2.75) is 46.4 Å². The van der Waals surface area contributed by atoms with E-state index < -0.39 is 17.3 Å². The van der Waals surface area contributed by atoms with E-state index in [4.69, 9.17) is 0 Å². The lowest BCUT2D eigenvalue weighted by atomic mass is 9.94. The number of hydrogen-bond donors (Lipinski definition) is 2. The van der Waals surface area contributed by atoms with Crippen LogP contribution in [0.15, 0.2) is 60.7 Å². The van der Waals surface area contributed by atoms with E-state index in [0.29, 0.717) is 17.0 Å². The summed E-state index contributed by atoms with van der Waals surface area (Å²) in [6.07, 6.45) is -4.52. The molecule has 1 aromatic heterocycles. The highest BCUT2D eigenvalue weighted by molar-refractivity contribution is 5.75. The zero-order valence-corrected chi connectivity index (χ0v) is 19.8. The minimum absolute atomic E-state index is 0.0610. The van der Waals surface area contributed by atoms with Crippen LogP contribution in [0, 0.1) is 20.8 Å². The smallest absolute Gasteiger partial charge is 0.384 e. The molecule has 0 unspecified atom stereocenters. The molecule has 0 aliphatic heterocycles. The first-order valence-electron chi connectivity index (χ1n) is 11.0. The van der Waals surface area contributed by atoms with Crippen LogP contribution in [0.2, 0.25) is 0 Å². The van der Waals surface area contributed by atoms with Crippen molar-refractivity contribution in [1.82, 2.24) is 9.97 Å². The molecule has 0 aliphatic carbocycles. The highest BCUT2D eigenvalue weighted by atomic mass is 19.4. The second-order valence-corrected chi connectivity index (χ2v) is 9.24. The number of rotatable bonds is 4. The summed E-state index contributed by atoms with van der Waals surface area (Å²) in [7, 11) is 0. The van der Waals surface area contributed by atoms with Gasteiger partial charge >= 0.3 is 6.18 Å². The molecule has 0 radical (unpaired) electrons. The van der Waals surface area contributed by atoms with Gasteiger partial charge in [0.25, 0.3) is 0 Å². The lowest BCUT2D eigenvalue weighted by Gasteiger charge is -2.17. The second-order valence-electron chi connectivity index (χ2n) is 9.24. The van der Waals surface area contributed by atoms with Gasteiger partial charge in [-0.05, 0) is 68.5 Å². The number of nitrogens with one attached hydrogen (secondary N) is 1. The Hall–Kier alpha value is -3.38. The molecule has 3 aromatic carbocycles. The van der Waals surface area contributed by atoms with Crippen molar-refractivity contribution in [3.63, 3.8) is 0 Å². The summed E-state index contributed by atoms with van der Waals surface area (Å²) >= 11 is 0. The largest absolute Gasteiger partial charge is 0.417 e. The van der Waals surface area contributed by atoms with Crippen molar-refractivity contribution >= 4 is 0 Å². The molecule has 2 N–H and O–H groups in total. The fourth-order valence-corrected chi connectivity index (χ4v) is 4.17. The fourth-order valence-electron chi connectivity index (χ4n) is 4.17. The molecular weight excluding hydrogens is 437 g/mol. The third-order valence-electron chi connectivity index (χ3n) is 6.11. The van der Waals surface area contributed by atoms with Gasteiger partial charge in [0, 0.05) is 11.1 Å². The number of alkyl halides is 3. The van der Waals surface area contributed by atoms with Crippen LogP contribution in [-0.4, -0.2) is 15.1 Å². The normalized spacial score (nSPS) is 12.3. The molecule has 34 heavy (non-hydrogen) atoms. The Morgan fingerprint density at radius 2 is 1.35 bits per heavy atom. The molecule has 6 heteroatoms. The van der Waals surface area contributed by atoms with Gasteiger partial charge in [0.15, 0.2) is 0 Å². The number of hydrogen-bond acceptors (Lipinski definition) is 2. The topological polar surface area (TPSA) is 48.9 Å². The Morgan fingerprint density at radius 1 is 0.765 bits per heavy atom. The maximum atomic E-state index is 13.6.